The predicted octanol–water partition coefficient (Wildman–Crippen LogP) is 7.56. The topological polar surface area (TPSA) is 433 Å². The van der Waals surface area contributed by atoms with E-state index in [0.717, 1.165) is 28.0 Å². The van der Waals surface area contributed by atoms with Crippen molar-refractivity contribution in [3.05, 3.63) is 154 Å². The third-order valence-electron chi connectivity index (χ3n) is 21.5. The molecule has 37 heteroatoms. The van der Waals surface area contributed by atoms with Crippen molar-refractivity contribution in [3.63, 3.8) is 0 Å². The maximum atomic E-state index is 15.5. The summed E-state index contributed by atoms with van der Waals surface area (Å²) in [4.78, 5) is 160. The molecule has 0 bridgehead atoms. The van der Waals surface area contributed by atoms with Crippen LogP contribution in [0.5, 0.6) is 5.75 Å². The first kappa shape index (κ1) is 113. The number of carbonyl (C=O) groups is 11. The predicted molar refractivity (Wildman–Crippen MR) is 498 cm³/mol. The van der Waals surface area contributed by atoms with Gasteiger partial charge in [-0.3, -0.25) is 52.8 Å². The monoisotopic (exact) mass is 1880 g/mol. The van der Waals surface area contributed by atoms with E-state index in [1.807, 2.05) is 119 Å². The molecular weight excluding hydrogens is 1740 g/mol. The Kier molecular flexibility index (Phi) is 56.5. The van der Waals surface area contributed by atoms with Crippen molar-refractivity contribution in [1.29, 1.82) is 0 Å². The number of methoxy groups -OCH3 is 1. The number of likely N-dealkylation sites (N-methyl/N-ethyl adjacent to an activating group) is 1. The fourth-order valence-electron chi connectivity index (χ4n) is 13.0. The van der Waals surface area contributed by atoms with Crippen molar-refractivity contribution in [3.8, 4) is 5.75 Å². The summed E-state index contributed by atoms with van der Waals surface area (Å²) in [6, 6.07) is 29.4. The van der Waals surface area contributed by atoms with E-state index in [2.05, 4.69) is 42.5 Å². The number of carbonyl (C=O) groups excluding carboxylic acids is 11. The normalized spacial score (nSPS) is 13.5. The maximum absolute atomic E-state index is 15.5. The minimum absolute atomic E-state index is 0.00518. The number of thiazole rings is 1. The number of ether oxygens (including phenoxy) is 14. The molecule has 0 fully saturated rings. The molecule has 5 aromatic rings. The highest BCUT2D eigenvalue weighted by Crippen LogP contribution is 2.33. The van der Waals surface area contributed by atoms with Gasteiger partial charge in [0.2, 0.25) is 41.4 Å². The number of hydrogen-bond acceptors (Lipinski definition) is 28. The van der Waals surface area contributed by atoms with Crippen LogP contribution in [0, 0.1) is 17.8 Å². The highest BCUT2D eigenvalue weighted by Gasteiger charge is 2.41. The number of alkyl carbamates (subject to hydrolysis) is 1. The van der Waals surface area contributed by atoms with Gasteiger partial charge in [-0.25, -0.2) is 9.78 Å². The summed E-state index contributed by atoms with van der Waals surface area (Å²) in [5.74, 6) is -6.37. The lowest BCUT2D eigenvalue weighted by molar-refractivity contribution is -0.150. The summed E-state index contributed by atoms with van der Waals surface area (Å²) in [6.07, 6.45) is -0.537. The van der Waals surface area contributed by atoms with Crippen LogP contribution in [-0.4, -0.2) is 295 Å². The van der Waals surface area contributed by atoms with E-state index < -0.39 is 119 Å². The van der Waals surface area contributed by atoms with Gasteiger partial charge in [-0.05, 0) is 120 Å². The molecule has 0 radical (unpaired) electrons. The summed E-state index contributed by atoms with van der Waals surface area (Å²) in [7, 11) is 5.12. The van der Waals surface area contributed by atoms with E-state index in [-0.39, 0.29) is 107 Å². The second kappa shape index (κ2) is 66.3. The fourth-order valence-corrected chi connectivity index (χ4v) is 13.8. The highest BCUT2D eigenvalue weighted by molar-refractivity contribution is 7.09. The third-order valence-corrected chi connectivity index (χ3v) is 22.4. The van der Waals surface area contributed by atoms with Crippen LogP contribution in [0.15, 0.2) is 121 Å². The van der Waals surface area contributed by atoms with E-state index in [9.17, 15) is 47.9 Å². The van der Waals surface area contributed by atoms with E-state index >= 15 is 4.79 Å². The Morgan fingerprint density at radius 1 is 0.504 bits per heavy atom. The number of benzene rings is 4. The van der Waals surface area contributed by atoms with Gasteiger partial charge in [0.15, 0.2) is 6.10 Å². The summed E-state index contributed by atoms with van der Waals surface area (Å²) in [6.45, 7) is 24.2. The van der Waals surface area contributed by atoms with E-state index in [0.29, 0.717) is 149 Å². The van der Waals surface area contributed by atoms with E-state index in [4.69, 9.17) is 71.3 Å². The lowest BCUT2D eigenvalue weighted by Crippen LogP contribution is -2.61. The number of nitrogens with one attached hydrogen (secondary N) is 8. The molecule has 0 aliphatic carbocycles. The van der Waals surface area contributed by atoms with E-state index in [1.54, 1.807) is 76.5 Å². The van der Waals surface area contributed by atoms with Crippen molar-refractivity contribution >= 4 is 76.6 Å². The second-order valence-corrected chi connectivity index (χ2v) is 33.9. The Labute approximate surface area is 787 Å². The van der Waals surface area contributed by atoms with Gasteiger partial charge in [-0.2, -0.15) is 0 Å². The minimum atomic E-state index is -1.21. The highest BCUT2D eigenvalue weighted by atomic mass is 32.1. The molecule has 0 aliphatic rings. The molecule has 9 amide bonds. The van der Waals surface area contributed by atoms with Crippen molar-refractivity contribution in [2.24, 2.45) is 17.8 Å². The number of unbranched alkanes of at least 4 members (excludes halogenated alkanes) is 1. The average Bonchev–Trinajstić information content (AvgIpc) is 1.30. The summed E-state index contributed by atoms with van der Waals surface area (Å²) >= 11 is 1.07. The van der Waals surface area contributed by atoms with Gasteiger partial charge in [0.25, 0.3) is 5.91 Å². The first-order chi connectivity index (χ1) is 64.0. The largest absolute Gasteiger partial charge is 0.489 e. The van der Waals surface area contributed by atoms with Gasteiger partial charge in [-0.1, -0.05) is 144 Å². The SMILES string of the molecule is CC[C@H](C)[C@H](NC(=O)C(C)(C)N(C)C)C(=O)N(CCC(=O)NCCNC(=O)[C@H](C)NC(=O)[C@H](C)NC(=O)[C@H](CCCCNC(=O)COCCOCCOCCOCCOCCOCCOCCOCCOCCOC)NC(=O)OCc1ccccc1)[C@H](C[C@@H](OC(C)=O)c1nc(C(=O)N[C@@H](Cc2ccc(OCc3ccccc3)cc2)C[C@H](C)C(=O)OCc2ccccc2)cs1)C(C)C. The standard InChI is InChI=1S/C96H145N11O25S/c1-14-69(4)86(105-94(117)96(9,10)106(11)12)92(115)107(82(68(2)3)62-83(132-73(8)108)91-103-81(67-133-91)90(114)102-78(60-70(5)93(116)130-64-76-28-20-16-21-29-76)61-74-33-35-79(36-34-74)129-63-75-26-18-15-19-27-75)41-37-84(109)98-39-40-99-87(111)71(6)100-88(112)72(7)101-89(113)80(104-95(118)131-65-77-30-22-17-23-31-77)32-24-25-38-97-85(110)66-128-59-58-127-57-56-126-55-54-125-53-52-124-51-50-123-49-48-122-47-46-121-45-44-120-43-42-119-13/h15-23,26-31,33-36,67-72,78,80,82-83,86H,14,24-25,32,37-66H2,1-13H3,(H,97,110)(H,98,109)(H,99,111)(H,100,112)(H,101,113)(H,102,114)(H,104,118)(H,105,117)/t69-,70-,71-,72-,78+,80-,82+,83+,86-/m0/s1. The smallest absolute Gasteiger partial charge is 0.408 e. The number of hydrogen-bond donors (Lipinski definition) is 8. The van der Waals surface area contributed by atoms with Gasteiger partial charge in [0.1, 0.15) is 67.0 Å². The van der Waals surface area contributed by atoms with Gasteiger partial charge >= 0.3 is 18.0 Å². The van der Waals surface area contributed by atoms with Crippen LogP contribution in [0.3, 0.4) is 0 Å². The van der Waals surface area contributed by atoms with Gasteiger partial charge < -0.3 is 114 Å². The van der Waals surface area contributed by atoms with Crippen LogP contribution in [-0.2, 0) is 131 Å². The first-order valence-corrected chi connectivity index (χ1v) is 46.6. The Hall–Kier alpha value is -10.2. The molecule has 1 heterocycles. The molecule has 9 atom stereocenters. The molecular formula is C96H145N11O25S. The molecule has 0 spiro atoms. The van der Waals surface area contributed by atoms with Crippen LogP contribution < -0.4 is 47.3 Å². The first-order valence-electron chi connectivity index (χ1n) is 45.8. The van der Waals surface area contributed by atoms with Gasteiger partial charge in [-0.15, -0.1) is 11.3 Å². The van der Waals surface area contributed by atoms with Crippen LogP contribution in [0.4, 0.5) is 4.79 Å². The van der Waals surface area contributed by atoms with Gasteiger partial charge in [0.05, 0.1) is 130 Å². The summed E-state index contributed by atoms with van der Waals surface area (Å²) in [5, 5.41) is 24.0. The van der Waals surface area contributed by atoms with E-state index in [1.165, 1.54) is 25.7 Å². The number of esters is 2. The van der Waals surface area contributed by atoms with Crippen LogP contribution in [0.1, 0.15) is 158 Å². The molecule has 0 aliphatic heterocycles. The zero-order valence-corrected chi connectivity index (χ0v) is 80.6. The lowest BCUT2D eigenvalue weighted by atomic mass is 9.91. The molecule has 133 heavy (non-hydrogen) atoms. The second-order valence-electron chi connectivity index (χ2n) is 33.0. The molecule has 4 aromatic carbocycles. The van der Waals surface area contributed by atoms with Crippen molar-refractivity contribution in [2.75, 3.05) is 173 Å². The van der Waals surface area contributed by atoms with Crippen LogP contribution >= 0.6 is 11.3 Å². The molecule has 0 saturated heterocycles. The zero-order valence-electron chi connectivity index (χ0n) is 79.8. The quantitative estimate of drug-likeness (QED) is 0.0106. The maximum Gasteiger partial charge on any atom is 0.408 e. The van der Waals surface area contributed by atoms with Crippen LogP contribution in [0.25, 0.3) is 0 Å². The molecule has 5 rings (SSSR count). The van der Waals surface area contributed by atoms with Crippen molar-refractivity contribution < 1.29 is 119 Å². The van der Waals surface area contributed by atoms with Crippen molar-refractivity contribution in [1.82, 2.24) is 57.3 Å². The molecule has 740 valence electrons. The number of nitrogens with zero attached hydrogens (tertiary/aromatic N) is 3. The Morgan fingerprint density at radius 3 is 1.50 bits per heavy atom. The van der Waals surface area contributed by atoms with Crippen LogP contribution in [0.2, 0.25) is 0 Å². The summed E-state index contributed by atoms with van der Waals surface area (Å²) < 4.78 is 77.5. The Balaban J connectivity index is 1.11. The zero-order chi connectivity index (χ0) is 97.0. The minimum Gasteiger partial charge on any atom is -0.489 e. The molecule has 8 N–H and O–H groups in total. The molecule has 0 unspecified atom stereocenters. The molecule has 1 aromatic heterocycles. The average molecular weight is 1890 g/mol. The fraction of sp³-hybridized carbons (Fsp3) is 0.604. The molecule has 0 saturated carbocycles. The van der Waals surface area contributed by atoms with Gasteiger partial charge in [0, 0.05) is 70.5 Å². The van der Waals surface area contributed by atoms with Crippen molar-refractivity contribution in [2.45, 2.75) is 188 Å². The lowest BCUT2D eigenvalue weighted by Gasteiger charge is -2.40. The Bertz CT molecular complexity index is 4160. The molecule has 36 nitrogen and oxygen atoms in total. The summed E-state index contributed by atoms with van der Waals surface area (Å²) in [5.41, 5.74) is 2.33. The third kappa shape index (κ3) is 47.5. The number of amides is 9. The number of aromatic nitrogens is 1. The number of rotatable bonds is 72. The Morgan fingerprint density at radius 2 is 0.992 bits per heavy atom.